The van der Waals surface area contributed by atoms with Crippen LogP contribution in [0.4, 0.5) is 9.59 Å². The lowest BCUT2D eigenvalue weighted by molar-refractivity contribution is -0.665. The van der Waals surface area contributed by atoms with Gasteiger partial charge in [0.05, 0.1) is 7.05 Å². The largest absolute Gasteiger partial charge is 0.465 e. The van der Waals surface area contributed by atoms with Crippen molar-refractivity contribution >= 4 is 24.2 Å². The van der Waals surface area contributed by atoms with Crippen molar-refractivity contribution < 1.29 is 19.2 Å². The number of carbonyl (C=O) groups is 2. The number of aliphatic imine (C=N–C) groups is 1. The number of urea groups is 1. The van der Waals surface area contributed by atoms with E-state index in [1.54, 1.807) is 13.4 Å². The number of carboxylic acid groups (broad SMARTS) is 1. The molecule has 126 valence electrons. The third-order valence-electron chi connectivity index (χ3n) is 4.43. The number of likely N-dealkylation sites (tertiary alicyclic amines) is 1. The molecule has 7 nitrogen and oxygen atoms in total. The Bertz CT molecular complexity index is 693. The molecule has 3 amide bonds. The first-order valence-corrected chi connectivity index (χ1v) is 7.96. The van der Waals surface area contributed by atoms with Crippen LogP contribution in [0.3, 0.4) is 0 Å². The summed E-state index contributed by atoms with van der Waals surface area (Å²) in [4.78, 5) is 29.3. The van der Waals surface area contributed by atoms with Crippen molar-refractivity contribution in [3.05, 3.63) is 42.1 Å². The van der Waals surface area contributed by atoms with Crippen LogP contribution in [-0.2, 0) is 0 Å². The SMILES string of the molecule is C[N+]1(C(=O)NC2CCN(C(=O)O)CC2)C=NC(c2ccccc2)=C1. The van der Waals surface area contributed by atoms with E-state index in [0.717, 1.165) is 11.3 Å². The summed E-state index contributed by atoms with van der Waals surface area (Å²) in [5, 5.41) is 12.0. The van der Waals surface area contributed by atoms with Gasteiger partial charge in [0.2, 0.25) is 6.34 Å². The summed E-state index contributed by atoms with van der Waals surface area (Å²) in [6.45, 7) is 0.895. The molecule has 1 saturated heterocycles. The number of nitrogens with zero attached hydrogens (tertiary/aromatic N) is 3. The second-order valence-corrected chi connectivity index (χ2v) is 6.27. The van der Waals surface area contributed by atoms with Crippen molar-refractivity contribution in [2.75, 3.05) is 20.1 Å². The van der Waals surface area contributed by atoms with E-state index in [4.69, 9.17) is 5.11 Å². The highest BCUT2D eigenvalue weighted by Gasteiger charge is 2.36. The fourth-order valence-electron chi connectivity index (χ4n) is 2.90. The number of rotatable bonds is 2. The summed E-state index contributed by atoms with van der Waals surface area (Å²) in [5.74, 6) is 0. The van der Waals surface area contributed by atoms with Crippen LogP contribution >= 0.6 is 0 Å². The Morgan fingerprint density at radius 1 is 1.25 bits per heavy atom. The summed E-state index contributed by atoms with van der Waals surface area (Å²) in [5.41, 5.74) is 1.74. The van der Waals surface area contributed by atoms with Crippen molar-refractivity contribution in [2.45, 2.75) is 18.9 Å². The topological polar surface area (TPSA) is 82.0 Å². The monoisotopic (exact) mass is 329 g/mol. The van der Waals surface area contributed by atoms with Gasteiger partial charge in [-0.05, 0) is 12.8 Å². The van der Waals surface area contributed by atoms with Crippen molar-refractivity contribution in [3.63, 3.8) is 0 Å². The molecular weight excluding hydrogens is 308 g/mol. The molecule has 2 N–H and O–H groups in total. The van der Waals surface area contributed by atoms with Gasteiger partial charge in [-0.3, -0.25) is 0 Å². The lowest BCUT2D eigenvalue weighted by Crippen LogP contribution is -2.54. The predicted molar refractivity (Wildman–Crippen MR) is 90.2 cm³/mol. The normalized spacial score (nSPS) is 23.9. The molecule has 2 aliphatic heterocycles. The Hall–Kier alpha value is -2.67. The van der Waals surface area contributed by atoms with Crippen LogP contribution in [0.2, 0.25) is 0 Å². The minimum absolute atomic E-state index is 0.00868. The summed E-state index contributed by atoms with van der Waals surface area (Å²) in [6, 6.07) is 9.56. The second kappa shape index (κ2) is 6.45. The average Bonchev–Trinajstić information content (AvgIpc) is 3.00. The Morgan fingerprint density at radius 2 is 1.92 bits per heavy atom. The standard InChI is InChI=1S/C17H20N4O3/c1-21(11-15(18-12-21)13-5-3-2-4-6-13)16(22)19-14-7-9-20(10-8-14)17(23)24/h2-6,11-12,14H,7-10H2,1H3,(H-,19,22,23,24)/p+1. The van der Waals surface area contributed by atoms with Crippen LogP contribution in [0.15, 0.2) is 41.5 Å². The van der Waals surface area contributed by atoms with Crippen LogP contribution < -0.4 is 5.32 Å². The zero-order valence-electron chi connectivity index (χ0n) is 13.6. The first kappa shape index (κ1) is 16.2. The van der Waals surface area contributed by atoms with E-state index in [1.807, 2.05) is 36.5 Å². The van der Waals surface area contributed by atoms with E-state index in [0.29, 0.717) is 25.9 Å². The molecule has 1 fully saturated rings. The molecule has 0 aliphatic carbocycles. The van der Waals surface area contributed by atoms with Gasteiger partial charge in [-0.1, -0.05) is 30.3 Å². The van der Waals surface area contributed by atoms with Gasteiger partial charge >= 0.3 is 12.1 Å². The van der Waals surface area contributed by atoms with E-state index in [1.165, 1.54) is 4.90 Å². The molecule has 3 rings (SSSR count). The van der Waals surface area contributed by atoms with E-state index in [2.05, 4.69) is 10.3 Å². The molecule has 0 bridgehead atoms. The van der Waals surface area contributed by atoms with Crippen molar-refractivity contribution in [2.24, 2.45) is 4.99 Å². The molecular formula is C17H21N4O3+. The number of benzene rings is 1. The number of amides is 3. The number of nitrogens with one attached hydrogen (secondary N) is 1. The van der Waals surface area contributed by atoms with Crippen molar-refractivity contribution in [1.82, 2.24) is 10.2 Å². The van der Waals surface area contributed by atoms with Crippen LogP contribution in [0.25, 0.3) is 5.70 Å². The molecule has 7 heteroatoms. The molecule has 1 aromatic rings. The summed E-state index contributed by atoms with van der Waals surface area (Å²) >= 11 is 0. The number of hydrogen-bond acceptors (Lipinski definition) is 3. The maximum absolute atomic E-state index is 12.6. The highest BCUT2D eigenvalue weighted by atomic mass is 16.4. The van der Waals surface area contributed by atoms with Gasteiger partial charge in [-0.25, -0.2) is 9.59 Å². The van der Waals surface area contributed by atoms with E-state index in [-0.39, 0.29) is 16.6 Å². The Balaban J connectivity index is 1.63. The molecule has 2 aliphatic rings. The average molecular weight is 329 g/mol. The molecule has 24 heavy (non-hydrogen) atoms. The number of carbonyl (C=O) groups excluding carboxylic acids is 1. The van der Waals surface area contributed by atoms with Gasteiger partial charge in [0.25, 0.3) is 0 Å². The van der Waals surface area contributed by atoms with Crippen LogP contribution in [-0.4, -0.2) is 59.1 Å². The molecule has 0 spiro atoms. The molecule has 1 aromatic carbocycles. The zero-order valence-corrected chi connectivity index (χ0v) is 13.6. The molecule has 0 saturated carbocycles. The molecule has 0 aromatic heterocycles. The smallest absolute Gasteiger partial charge is 0.427 e. The summed E-state index contributed by atoms with van der Waals surface area (Å²) in [6.07, 6.45) is 3.79. The number of quaternary nitrogens is 1. The first-order chi connectivity index (χ1) is 11.5. The summed E-state index contributed by atoms with van der Waals surface area (Å²) < 4.78 is -0.0383. The van der Waals surface area contributed by atoms with Crippen LogP contribution in [0.5, 0.6) is 0 Å². The summed E-state index contributed by atoms with van der Waals surface area (Å²) in [7, 11) is 1.78. The van der Waals surface area contributed by atoms with E-state index in [9.17, 15) is 9.59 Å². The highest BCUT2D eigenvalue weighted by Crippen LogP contribution is 2.24. The maximum Gasteiger partial charge on any atom is 0.427 e. The predicted octanol–water partition coefficient (Wildman–Crippen LogP) is 2.33. The third-order valence-corrected chi connectivity index (χ3v) is 4.43. The van der Waals surface area contributed by atoms with Crippen LogP contribution in [0.1, 0.15) is 18.4 Å². The quantitative estimate of drug-likeness (QED) is 0.817. The Morgan fingerprint density at radius 3 is 2.54 bits per heavy atom. The molecule has 2 heterocycles. The highest BCUT2D eigenvalue weighted by molar-refractivity contribution is 5.84. The van der Waals surface area contributed by atoms with Gasteiger partial charge in [-0.2, -0.15) is 9.48 Å². The Kier molecular flexibility index (Phi) is 4.35. The molecule has 0 radical (unpaired) electrons. The fraction of sp³-hybridized carbons (Fsp3) is 0.353. The minimum Gasteiger partial charge on any atom is -0.465 e. The van der Waals surface area contributed by atoms with Crippen LogP contribution in [0, 0.1) is 0 Å². The lowest BCUT2D eigenvalue weighted by Gasteiger charge is -2.31. The van der Waals surface area contributed by atoms with Crippen molar-refractivity contribution in [1.29, 1.82) is 0 Å². The van der Waals surface area contributed by atoms with Gasteiger partial charge in [0.15, 0.2) is 0 Å². The number of hydrogen-bond donors (Lipinski definition) is 2. The fourth-order valence-corrected chi connectivity index (χ4v) is 2.90. The minimum atomic E-state index is -0.902. The maximum atomic E-state index is 12.6. The van der Waals surface area contributed by atoms with Gasteiger partial charge in [-0.15, -0.1) is 0 Å². The van der Waals surface area contributed by atoms with E-state index < -0.39 is 6.09 Å². The van der Waals surface area contributed by atoms with Gasteiger partial charge in [0, 0.05) is 24.7 Å². The van der Waals surface area contributed by atoms with Crippen molar-refractivity contribution in [3.8, 4) is 0 Å². The molecule has 1 atom stereocenters. The second-order valence-electron chi connectivity index (χ2n) is 6.27. The Labute approximate surface area is 140 Å². The first-order valence-electron chi connectivity index (χ1n) is 7.96. The van der Waals surface area contributed by atoms with Gasteiger partial charge < -0.3 is 15.3 Å². The zero-order chi connectivity index (χ0) is 17.2. The van der Waals surface area contributed by atoms with E-state index >= 15 is 0 Å². The third kappa shape index (κ3) is 3.30. The lowest BCUT2D eigenvalue weighted by atomic mass is 10.1. The van der Waals surface area contributed by atoms with Gasteiger partial charge in [0.1, 0.15) is 11.9 Å². The molecule has 1 unspecified atom stereocenters. The number of piperidine rings is 1.